The van der Waals surface area contributed by atoms with Crippen LogP contribution in [-0.2, 0) is 10.8 Å². The summed E-state index contributed by atoms with van der Waals surface area (Å²) in [7, 11) is -1.03. The smallest absolute Gasteiger partial charge is 0.0775 e. The van der Waals surface area contributed by atoms with E-state index in [1.807, 2.05) is 44.2 Å². The number of allylic oxidation sites excluding steroid dienone is 2. The highest BCUT2D eigenvalue weighted by atomic mass is 32.2. The number of hydrogen-bond acceptors (Lipinski definition) is 1. The first-order valence-electron chi connectivity index (χ1n) is 4.87. The Morgan fingerprint density at radius 2 is 1.93 bits per heavy atom. The van der Waals surface area contributed by atoms with E-state index in [9.17, 15) is 4.21 Å². The van der Waals surface area contributed by atoms with Gasteiger partial charge in [0.25, 0.3) is 0 Å². The summed E-state index contributed by atoms with van der Waals surface area (Å²) >= 11 is 0. The summed E-state index contributed by atoms with van der Waals surface area (Å²) in [4.78, 5) is 0.846. The maximum atomic E-state index is 11.8. The van der Waals surface area contributed by atoms with Crippen molar-refractivity contribution in [1.29, 1.82) is 0 Å². The Kier molecular flexibility index (Phi) is 4.50. The molecule has 1 nitrogen and oxygen atoms in total. The maximum absolute atomic E-state index is 11.8. The topological polar surface area (TPSA) is 17.1 Å². The average Bonchev–Trinajstić information content (AvgIpc) is 2.17. The van der Waals surface area contributed by atoms with Gasteiger partial charge in [0.15, 0.2) is 0 Å². The molecule has 1 rings (SSSR count). The van der Waals surface area contributed by atoms with Crippen LogP contribution < -0.4 is 0 Å². The summed E-state index contributed by atoms with van der Waals surface area (Å²) in [5, 5.41) is 1.80. The van der Waals surface area contributed by atoms with E-state index in [2.05, 4.69) is 6.58 Å². The van der Waals surface area contributed by atoms with Crippen LogP contribution in [0.25, 0.3) is 0 Å². The summed E-state index contributed by atoms with van der Waals surface area (Å²) in [6, 6.07) is 9.47. The highest BCUT2D eigenvalue weighted by Crippen LogP contribution is 2.13. The van der Waals surface area contributed by atoms with Crippen molar-refractivity contribution >= 4 is 10.8 Å². The zero-order valence-corrected chi connectivity index (χ0v) is 10.0. The van der Waals surface area contributed by atoms with Crippen LogP contribution in [-0.4, -0.2) is 4.21 Å². The van der Waals surface area contributed by atoms with Crippen LogP contribution in [0.1, 0.15) is 20.3 Å². The molecular formula is C13H16OS. The van der Waals surface area contributed by atoms with Gasteiger partial charge in [-0.1, -0.05) is 35.9 Å². The third-order valence-corrected chi connectivity index (χ3v) is 3.22. The predicted octanol–water partition coefficient (Wildman–Crippen LogP) is 3.66. The van der Waals surface area contributed by atoms with Crippen molar-refractivity contribution < 1.29 is 4.21 Å². The molecule has 0 fully saturated rings. The highest BCUT2D eigenvalue weighted by Gasteiger charge is 1.99. The zero-order chi connectivity index (χ0) is 11.3. The second-order valence-electron chi connectivity index (χ2n) is 3.71. The molecule has 0 spiro atoms. The Labute approximate surface area is 94.0 Å². The summed E-state index contributed by atoms with van der Waals surface area (Å²) in [6.45, 7) is 7.79. The van der Waals surface area contributed by atoms with Gasteiger partial charge in [-0.3, -0.25) is 0 Å². The first kappa shape index (κ1) is 11.9. The molecule has 0 amide bonds. The normalized spacial score (nSPS) is 13.6. The lowest BCUT2D eigenvalue weighted by Crippen LogP contribution is -1.88. The Morgan fingerprint density at radius 1 is 1.33 bits per heavy atom. The lowest BCUT2D eigenvalue weighted by atomic mass is 10.1. The largest absolute Gasteiger partial charge is 0.250 e. The molecule has 0 N–H and O–H groups in total. The molecule has 2 heteroatoms. The van der Waals surface area contributed by atoms with Gasteiger partial charge >= 0.3 is 0 Å². The van der Waals surface area contributed by atoms with Crippen LogP contribution in [0, 0.1) is 0 Å². The van der Waals surface area contributed by atoms with Crippen LogP contribution in [0.4, 0.5) is 0 Å². The molecule has 0 aliphatic heterocycles. The lowest BCUT2D eigenvalue weighted by molar-refractivity contribution is 0.688. The fourth-order valence-corrected chi connectivity index (χ4v) is 2.33. The summed E-state index contributed by atoms with van der Waals surface area (Å²) in [5.41, 5.74) is 2.19. The second kappa shape index (κ2) is 5.66. The van der Waals surface area contributed by atoms with E-state index < -0.39 is 10.8 Å². The molecule has 0 bridgehead atoms. The van der Waals surface area contributed by atoms with Crippen LogP contribution in [0.2, 0.25) is 0 Å². The van der Waals surface area contributed by atoms with Gasteiger partial charge in [0.2, 0.25) is 0 Å². The first-order chi connectivity index (χ1) is 7.09. The van der Waals surface area contributed by atoms with Crippen molar-refractivity contribution in [3.63, 3.8) is 0 Å². The van der Waals surface area contributed by atoms with E-state index in [1.165, 1.54) is 0 Å². The van der Waals surface area contributed by atoms with E-state index in [0.717, 1.165) is 22.5 Å². The molecule has 15 heavy (non-hydrogen) atoms. The van der Waals surface area contributed by atoms with Gasteiger partial charge in [-0.2, -0.15) is 0 Å². The Balaban J connectivity index is 2.75. The standard InChI is InChI=1S/C13H16OS/c1-11(2)9-12(3)10-15(14)13-7-5-4-6-8-13/h4-8,10H,1,9H2,2-3H3/b12-10-. The Bertz CT molecular complexity index is 390. The van der Waals surface area contributed by atoms with Crippen molar-refractivity contribution in [3.8, 4) is 0 Å². The van der Waals surface area contributed by atoms with Crippen molar-refractivity contribution in [3.05, 3.63) is 53.5 Å². The van der Waals surface area contributed by atoms with E-state index in [4.69, 9.17) is 0 Å². The van der Waals surface area contributed by atoms with Gasteiger partial charge < -0.3 is 0 Å². The van der Waals surface area contributed by atoms with Crippen molar-refractivity contribution in [2.24, 2.45) is 0 Å². The van der Waals surface area contributed by atoms with Gasteiger partial charge in [-0.05, 0) is 32.4 Å². The van der Waals surface area contributed by atoms with E-state index >= 15 is 0 Å². The molecule has 0 aromatic heterocycles. The molecule has 0 saturated heterocycles. The molecule has 1 aromatic rings. The molecule has 0 radical (unpaired) electrons. The van der Waals surface area contributed by atoms with Gasteiger partial charge in [-0.15, -0.1) is 0 Å². The van der Waals surface area contributed by atoms with Crippen LogP contribution in [0.5, 0.6) is 0 Å². The predicted molar refractivity (Wildman–Crippen MR) is 66.0 cm³/mol. The Hall–Kier alpha value is -1.15. The van der Waals surface area contributed by atoms with E-state index in [-0.39, 0.29) is 0 Å². The first-order valence-corrected chi connectivity index (χ1v) is 6.08. The number of benzene rings is 1. The SMILES string of the molecule is C=C(C)C/C(C)=C\S(=O)c1ccccc1. The second-order valence-corrected chi connectivity index (χ2v) is 5.01. The Morgan fingerprint density at radius 3 is 2.47 bits per heavy atom. The minimum absolute atomic E-state index is 0.818. The van der Waals surface area contributed by atoms with E-state index in [1.54, 1.807) is 5.41 Å². The van der Waals surface area contributed by atoms with Crippen LogP contribution in [0.15, 0.2) is 58.4 Å². The highest BCUT2D eigenvalue weighted by molar-refractivity contribution is 7.88. The molecule has 0 aliphatic rings. The zero-order valence-electron chi connectivity index (χ0n) is 9.19. The van der Waals surface area contributed by atoms with Gasteiger partial charge in [0.05, 0.1) is 10.8 Å². The monoisotopic (exact) mass is 220 g/mol. The fourth-order valence-electron chi connectivity index (χ4n) is 1.32. The maximum Gasteiger partial charge on any atom is 0.0775 e. The minimum Gasteiger partial charge on any atom is -0.250 e. The molecule has 80 valence electrons. The van der Waals surface area contributed by atoms with E-state index in [0.29, 0.717) is 0 Å². The third-order valence-electron chi connectivity index (χ3n) is 1.86. The van der Waals surface area contributed by atoms with Crippen molar-refractivity contribution in [2.45, 2.75) is 25.2 Å². The fraction of sp³-hybridized carbons (Fsp3) is 0.231. The molecule has 1 aromatic carbocycles. The van der Waals surface area contributed by atoms with Gasteiger partial charge in [0.1, 0.15) is 0 Å². The number of rotatable bonds is 4. The summed E-state index contributed by atoms with van der Waals surface area (Å²) in [5.74, 6) is 0. The summed E-state index contributed by atoms with van der Waals surface area (Å²) < 4.78 is 11.8. The summed E-state index contributed by atoms with van der Waals surface area (Å²) in [6.07, 6.45) is 0.818. The average molecular weight is 220 g/mol. The molecule has 0 heterocycles. The quantitative estimate of drug-likeness (QED) is 0.708. The van der Waals surface area contributed by atoms with Crippen molar-refractivity contribution in [2.75, 3.05) is 0 Å². The molecule has 1 unspecified atom stereocenters. The number of hydrogen-bond donors (Lipinski definition) is 0. The molecular weight excluding hydrogens is 204 g/mol. The van der Waals surface area contributed by atoms with Crippen molar-refractivity contribution in [1.82, 2.24) is 0 Å². The van der Waals surface area contributed by atoms with Crippen LogP contribution in [0.3, 0.4) is 0 Å². The van der Waals surface area contributed by atoms with Gasteiger partial charge in [0, 0.05) is 10.3 Å². The third kappa shape index (κ3) is 4.26. The van der Waals surface area contributed by atoms with Gasteiger partial charge in [-0.25, -0.2) is 4.21 Å². The molecule has 0 saturated carbocycles. The molecule has 0 aliphatic carbocycles. The molecule has 1 atom stereocenters. The lowest BCUT2D eigenvalue weighted by Gasteiger charge is -2.00. The van der Waals surface area contributed by atoms with Crippen LogP contribution >= 0.6 is 0 Å². The minimum atomic E-state index is -1.03.